The Balaban J connectivity index is 3.65. The zero-order valence-electron chi connectivity index (χ0n) is 10.9. The summed E-state index contributed by atoms with van der Waals surface area (Å²) >= 11 is 0. The van der Waals surface area contributed by atoms with Gasteiger partial charge < -0.3 is 16.4 Å². The van der Waals surface area contributed by atoms with Crippen molar-refractivity contribution in [1.82, 2.24) is 10.6 Å². The van der Waals surface area contributed by atoms with Gasteiger partial charge in [0.25, 0.3) is 0 Å². The van der Waals surface area contributed by atoms with Crippen LogP contribution in [-0.2, 0) is 0 Å². The van der Waals surface area contributed by atoms with Crippen LogP contribution in [0, 0.1) is 5.92 Å². The monoisotopic (exact) mass is 229 g/mol. The summed E-state index contributed by atoms with van der Waals surface area (Å²) in [4.78, 5) is 11.3. The number of carbonyl (C=O) groups is 1. The number of amides is 2. The molecule has 0 aliphatic carbocycles. The molecule has 0 aliphatic rings. The average molecular weight is 229 g/mol. The quantitative estimate of drug-likeness (QED) is 0.556. The molecule has 4 heteroatoms. The Kier molecular flexibility index (Phi) is 9.00. The fourth-order valence-corrected chi connectivity index (χ4v) is 1.71. The molecule has 0 aromatic rings. The molecule has 0 saturated heterocycles. The largest absolute Gasteiger partial charge is 0.338 e. The van der Waals surface area contributed by atoms with Gasteiger partial charge in [-0.3, -0.25) is 0 Å². The van der Waals surface area contributed by atoms with Crippen LogP contribution in [0.5, 0.6) is 0 Å². The van der Waals surface area contributed by atoms with Crippen molar-refractivity contribution in [3.8, 4) is 0 Å². The Morgan fingerprint density at radius 3 is 2.31 bits per heavy atom. The molecule has 0 heterocycles. The molecule has 16 heavy (non-hydrogen) atoms. The van der Waals surface area contributed by atoms with Gasteiger partial charge in [0.2, 0.25) is 0 Å². The highest BCUT2D eigenvalue weighted by Gasteiger charge is 2.14. The molecule has 0 bridgehead atoms. The van der Waals surface area contributed by atoms with Crippen LogP contribution in [0.2, 0.25) is 0 Å². The molecule has 0 fully saturated rings. The first kappa shape index (κ1) is 15.2. The number of nitrogens with one attached hydrogen (secondary N) is 2. The first-order valence-electron chi connectivity index (χ1n) is 6.42. The van der Waals surface area contributed by atoms with Crippen LogP contribution in [0.4, 0.5) is 4.79 Å². The smallest absolute Gasteiger partial charge is 0.314 e. The number of unbranched alkanes of at least 4 members (excludes halogenated alkanes) is 1. The zero-order valence-corrected chi connectivity index (χ0v) is 10.9. The molecule has 0 aliphatic heterocycles. The van der Waals surface area contributed by atoms with Crippen molar-refractivity contribution < 1.29 is 4.79 Å². The van der Waals surface area contributed by atoms with E-state index in [1.807, 2.05) is 0 Å². The van der Waals surface area contributed by atoms with E-state index < -0.39 is 0 Å². The van der Waals surface area contributed by atoms with Gasteiger partial charge in [-0.25, -0.2) is 4.79 Å². The maximum absolute atomic E-state index is 11.3. The number of carbonyl (C=O) groups excluding carboxylic acids is 1. The summed E-state index contributed by atoms with van der Waals surface area (Å²) < 4.78 is 0. The number of hydrogen-bond acceptors (Lipinski definition) is 2. The van der Waals surface area contributed by atoms with Gasteiger partial charge in [-0.2, -0.15) is 0 Å². The molecule has 0 rings (SSSR count). The van der Waals surface area contributed by atoms with Crippen LogP contribution in [-0.4, -0.2) is 25.2 Å². The van der Waals surface area contributed by atoms with Crippen LogP contribution >= 0.6 is 0 Å². The van der Waals surface area contributed by atoms with E-state index >= 15 is 0 Å². The van der Waals surface area contributed by atoms with Gasteiger partial charge in [0, 0.05) is 19.1 Å². The lowest BCUT2D eigenvalue weighted by Gasteiger charge is -2.21. The summed E-state index contributed by atoms with van der Waals surface area (Å²) in [6, 6.07) is -0.0400. The van der Waals surface area contributed by atoms with E-state index in [0.717, 1.165) is 32.2 Å². The van der Waals surface area contributed by atoms with Crippen LogP contribution in [0.25, 0.3) is 0 Å². The second-order valence-electron chi connectivity index (χ2n) is 4.23. The molecule has 0 aromatic carbocycles. The third-order valence-corrected chi connectivity index (χ3v) is 2.97. The maximum Gasteiger partial charge on any atom is 0.314 e. The fourth-order valence-electron chi connectivity index (χ4n) is 1.71. The van der Waals surface area contributed by atoms with Crippen molar-refractivity contribution in [2.45, 2.75) is 52.5 Å². The van der Waals surface area contributed by atoms with Crippen LogP contribution in [0.15, 0.2) is 0 Å². The number of rotatable bonds is 8. The summed E-state index contributed by atoms with van der Waals surface area (Å²) in [5.74, 6) is 0.496. The Labute approximate surface area is 99.4 Å². The molecular formula is C12H27N3O. The van der Waals surface area contributed by atoms with Crippen LogP contribution in [0.3, 0.4) is 0 Å². The average Bonchev–Trinajstić information content (AvgIpc) is 2.28. The highest BCUT2D eigenvalue weighted by atomic mass is 16.2. The predicted octanol–water partition coefficient (Wildman–Crippen LogP) is 1.85. The lowest BCUT2D eigenvalue weighted by atomic mass is 9.95. The standard InChI is InChI=1S/C12H27N3O/c1-4-7-8-14-12(16)15-9-11(13)10(5-2)6-3/h10-11H,4-9,13H2,1-3H3,(H2,14,15,16). The number of hydrogen-bond donors (Lipinski definition) is 3. The Bertz CT molecular complexity index is 181. The molecule has 0 radical (unpaired) electrons. The zero-order chi connectivity index (χ0) is 12.4. The second-order valence-corrected chi connectivity index (χ2v) is 4.23. The third kappa shape index (κ3) is 6.67. The lowest BCUT2D eigenvalue weighted by molar-refractivity contribution is 0.238. The van der Waals surface area contributed by atoms with Crippen molar-refractivity contribution in [2.24, 2.45) is 11.7 Å². The first-order chi connectivity index (χ1) is 7.65. The Morgan fingerprint density at radius 1 is 1.19 bits per heavy atom. The first-order valence-corrected chi connectivity index (χ1v) is 6.42. The van der Waals surface area contributed by atoms with E-state index in [2.05, 4.69) is 31.4 Å². The van der Waals surface area contributed by atoms with Gasteiger partial charge in [0.15, 0.2) is 0 Å². The Morgan fingerprint density at radius 2 is 1.81 bits per heavy atom. The SMILES string of the molecule is CCCCNC(=O)NCC(N)C(CC)CC. The molecule has 1 unspecified atom stereocenters. The van der Waals surface area contributed by atoms with Crippen LogP contribution < -0.4 is 16.4 Å². The van der Waals surface area contributed by atoms with Crippen LogP contribution in [0.1, 0.15) is 46.5 Å². The molecule has 0 aromatic heterocycles. The van der Waals surface area contributed by atoms with Crippen molar-refractivity contribution in [1.29, 1.82) is 0 Å². The normalized spacial score (nSPS) is 12.6. The van der Waals surface area contributed by atoms with E-state index in [1.54, 1.807) is 0 Å². The number of nitrogens with two attached hydrogens (primary N) is 1. The molecule has 2 amide bonds. The number of urea groups is 1. The van der Waals surface area contributed by atoms with Gasteiger partial charge in [0.1, 0.15) is 0 Å². The minimum atomic E-state index is -0.102. The minimum Gasteiger partial charge on any atom is -0.338 e. The van der Waals surface area contributed by atoms with Crippen molar-refractivity contribution in [3.05, 3.63) is 0 Å². The van der Waals surface area contributed by atoms with E-state index in [4.69, 9.17) is 5.73 Å². The predicted molar refractivity (Wildman–Crippen MR) is 68.4 cm³/mol. The molecule has 96 valence electrons. The molecule has 0 spiro atoms. The second kappa shape index (κ2) is 9.46. The molecular weight excluding hydrogens is 202 g/mol. The summed E-state index contributed by atoms with van der Waals surface area (Å²) in [6.07, 6.45) is 4.24. The van der Waals surface area contributed by atoms with Crippen molar-refractivity contribution in [2.75, 3.05) is 13.1 Å². The summed E-state index contributed by atoms with van der Waals surface area (Å²) in [5.41, 5.74) is 6.00. The minimum absolute atomic E-state index is 0.0620. The van der Waals surface area contributed by atoms with E-state index in [9.17, 15) is 4.79 Å². The van der Waals surface area contributed by atoms with Crippen molar-refractivity contribution in [3.63, 3.8) is 0 Å². The highest BCUT2D eigenvalue weighted by molar-refractivity contribution is 5.73. The topological polar surface area (TPSA) is 67.2 Å². The van der Waals surface area contributed by atoms with Gasteiger partial charge in [-0.15, -0.1) is 0 Å². The van der Waals surface area contributed by atoms with E-state index in [0.29, 0.717) is 12.5 Å². The van der Waals surface area contributed by atoms with E-state index in [1.165, 1.54) is 0 Å². The van der Waals surface area contributed by atoms with Gasteiger partial charge >= 0.3 is 6.03 Å². The van der Waals surface area contributed by atoms with Gasteiger partial charge in [-0.05, 0) is 12.3 Å². The maximum atomic E-state index is 11.3. The third-order valence-electron chi connectivity index (χ3n) is 2.97. The summed E-state index contributed by atoms with van der Waals surface area (Å²) in [7, 11) is 0. The fraction of sp³-hybridized carbons (Fsp3) is 0.917. The molecule has 4 N–H and O–H groups in total. The van der Waals surface area contributed by atoms with E-state index in [-0.39, 0.29) is 12.1 Å². The van der Waals surface area contributed by atoms with Gasteiger partial charge in [-0.1, -0.05) is 40.0 Å². The summed E-state index contributed by atoms with van der Waals surface area (Å²) in [5, 5.41) is 5.62. The molecule has 1 atom stereocenters. The highest BCUT2D eigenvalue weighted by Crippen LogP contribution is 2.10. The van der Waals surface area contributed by atoms with Crippen molar-refractivity contribution >= 4 is 6.03 Å². The Hall–Kier alpha value is -0.770. The summed E-state index contributed by atoms with van der Waals surface area (Å²) in [6.45, 7) is 7.67. The molecule has 0 saturated carbocycles. The van der Waals surface area contributed by atoms with Gasteiger partial charge in [0.05, 0.1) is 0 Å². The molecule has 4 nitrogen and oxygen atoms in total. The lowest BCUT2D eigenvalue weighted by Crippen LogP contribution is -2.45.